The highest BCUT2D eigenvalue weighted by atomic mass is 14.9. The lowest BCUT2D eigenvalue weighted by molar-refractivity contribution is 0.569. The topological polar surface area (TPSA) is 12.0 Å². The van der Waals surface area contributed by atoms with Gasteiger partial charge in [0.15, 0.2) is 0 Å². The van der Waals surface area contributed by atoms with Gasteiger partial charge in [-0.05, 0) is 41.5 Å². The van der Waals surface area contributed by atoms with Crippen molar-refractivity contribution in [3.63, 3.8) is 0 Å². The molecule has 1 N–H and O–H groups in total. The number of rotatable bonds is 4. The van der Waals surface area contributed by atoms with Gasteiger partial charge < -0.3 is 5.32 Å². The fourth-order valence-electron chi connectivity index (χ4n) is 2.58. The van der Waals surface area contributed by atoms with Crippen LogP contribution in [0, 0.1) is 6.92 Å². The predicted molar refractivity (Wildman–Crippen MR) is 91.6 cm³/mol. The molecule has 0 unspecified atom stereocenters. The molecule has 0 aromatic heterocycles. The highest BCUT2D eigenvalue weighted by Crippen LogP contribution is 2.22. The third-order valence-electron chi connectivity index (χ3n) is 4.09. The highest BCUT2D eigenvalue weighted by Gasteiger charge is 2.13. The van der Waals surface area contributed by atoms with Gasteiger partial charge in [0, 0.05) is 12.6 Å². The molecule has 0 spiro atoms. The van der Waals surface area contributed by atoms with Crippen LogP contribution in [-0.4, -0.2) is 0 Å². The molecule has 0 aliphatic heterocycles. The molecular formula is C20H27N. The van der Waals surface area contributed by atoms with E-state index in [1.807, 2.05) is 0 Å². The zero-order valence-corrected chi connectivity index (χ0v) is 13.9. The van der Waals surface area contributed by atoms with E-state index in [0.717, 1.165) is 6.54 Å². The van der Waals surface area contributed by atoms with Crippen molar-refractivity contribution in [2.24, 2.45) is 0 Å². The molecular weight excluding hydrogens is 254 g/mol. The van der Waals surface area contributed by atoms with Crippen molar-refractivity contribution in [1.29, 1.82) is 0 Å². The quantitative estimate of drug-likeness (QED) is 0.818. The predicted octanol–water partition coefficient (Wildman–Crippen LogP) is 5.14. The second kappa shape index (κ2) is 6.44. The van der Waals surface area contributed by atoms with Crippen LogP contribution in [0.4, 0.5) is 0 Å². The molecule has 0 aliphatic rings. The van der Waals surface area contributed by atoms with Gasteiger partial charge in [-0.25, -0.2) is 0 Å². The van der Waals surface area contributed by atoms with Crippen LogP contribution >= 0.6 is 0 Å². The summed E-state index contributed by atoms with van der Waals surface area (Å²) < 4.78 is 0. The van der Waals surface area contributed by atoms with Crippen molar-refractivity contribution in [2.45, 2.75) is 52.6 Å². The number of hydrogen-bond donors (Lipinski definition) is 1. The summed E-state index contributed by atoms with van der Waals surface area (Å²) in [6.07, 6.45) is 0. The SMILES string of the molecule is Cc1ccccc1[C@@H](C)NCc1ccc(C(C)(C)C)cc1. The fourth-order valence-corrected chi connectivity index (χ4v) is 2.58. The molecule has 2 aromatic rings. The minimum Gasteiger partial charge on any atom is -0.306 e. The van der Waals surface area contributed by atoms with Gasteiger partial charge in [-0.2, -0.15) is 0 Å². The minimum absolute atomic E-state index is 0.223. The molecule has 1 nitrogen and oxygen atoms in total. The summed E-state index contributed by atoms with van der Waals surface area (Å²) >= 11 is 0. The molecule has 1 atom stereocenters. The first kappa shape index (κ1) is 15.8. The summed E-state index contributed by atoms with van der Waals surface area (Å²) in [6, 6.07) is 17.9. The average molecular weight is 281 g/mol. The first-order chi connectivity index (χ1) is 9.88. The third-order valence-corrected chi connectivity index (χ3v) is 4.09. The Morgan fingerprint density at radius 2 is 1.57 bits per heavy atom. The first-order valence-corrected chi connectivity index (χ1v) is 7.76. The van der Waals surface area contributed by atoms with Crippen molar-refractivity contribution >= 4 is 0 Å². The van der Waals surface area contributed by atoms with Crippen molar-refractivity contribution in [3.8, 4) is 0 Å². The fraction of sp³-hybridized carbons (Fsp3) is 0.400. The normalized spacial score (nSPS) is 13.2. The van der Waals surface area contributed by atoms with E-state index in [0.29, 0.717) is 6.04 Å². The van der Waals surface area contributed by atoms with Crippen LogP contribution in [0.1, 0.15) is 56.0 Å². The number of aryl methyl sites for hydroxylation is 1. The Kier molecular flexibility index (Phi) is 4.84. The zero-order chi connectivity index (χ0) is 15.5. The third kappa shape index (κ3) is 4.18. The van der Waals surface area contributed by atoms with Gasteiger partial charge in [0.05, 0.1) is 0 Å². The summed E-state index contributed by atoms with van der Waals surface area (Å²) in [6.45, 7) is 12.1. The van der Waals surface area contributed by atoms with Crippen LogP contribution in [-0.2, 0) is 12.0 Å². The first-order valence-electron chi connectivity index (χ1n) is 7.76. The summed E-state index contributed by atoms with van der Waals surface area (Å²) in [4.78, 5) is 0. The Morgan fingerprint density at radius 1 is 0.952 bits per heavy atom. The van der Waals surface area contributed by atoms with Crippen LogP contribution in [0.15, 0.2) is 48.5 Å². The van der Waals surface area contributed by atoms with E-state index >= 15 is 0 Å². The van der Waals surface area contributed by atoms with E-state index in [1.165, 1.54) is 22.3 Å². The smallest absolute Gasteiger partial charge is 0.0297 e. The minimum atomic E-state index is 0.223. The van der Waals surface area contributed by atoms with Crippen LogP contribution < -0.4 is 5.32 Å². The lowest BCUT2D eigenvalue weighted by atomic mass is 9.87. The van der Waals surface area contributed by atoms with Crippen molar-refractivity contribution in [1.82, 2.24) is 5.32 Å². The molecule has 0 heterocycles. The maximum Gasteiger partial charge on any atom is 0.0297 e. The molecule has 112 valence electrons. The van der Waals surface area contributed by atoms with Crippen LogP contribution in [0.2, 0.25) is 0 Å². The van der Waals surface area contributed by atoms with Crippen LogP contribution in [0.5, 0.6) is 0 Å². The standard InChI is InChI=1S/C20H27N/c1-15-8-6-7-9-19(15)16(2)21-14-17-10-12-18(13-11-17)20(3,4)5/h6-13,16,21H,14H2,1-5H3/t16-/m1/s1. The van der Waals surface area contributed by atoms with Gasteiger partial charge in [0.1, 0.15) is 0 Å². The monoisotopic (exact) mass is 281 g/mol. The van der Waals surface area contributed by atoms with E-state index in [4.69, 9.17) is 0 Å². The molecule has 0 aliphatic carbocycles. The van der Waals surface area contributed by atoms with Crippen LogP contribution in [0.25, 0.3) is 0 Å². The zero-order valence-electron chi connectivity index (χ0n) is 13.9. The van der Waals surface area contributed by atoms with Crippen molar-refractivity contribution in [3.05, 3.63) is 70.8 Å². The Balaban J connectivity index is 1.99. The Bertz CT molecular complexity index is 576. The van der Waals surface area contributed by atoms with Gasteiger partial charge >= 0.3 is 0 Å². The van der Waals surface area contributed by atoms with E-state index in [-0.39, 0.29) is 5.41 Å². The maximum atomic E-state index is 3.61. The number of nitrogens with one attached hydrogen (secondary N) is 1. The van der Waals surface area contributed by atoms with Crippen molar-refractivity contribution in [2.75, 3.05) is 0 Å². The van der Waals surface area contributed by atoms with Gasteiger partial charge in [0.2, 0.25) is 0 Å². The Morgan fingerprint density at radius 3 is 2.14 bits per heavy atom. The highest BCUT2D eigenvalue weighted by molar-refractivity contribution is 5.29. The van der Waals surface area contributed by atoms with Gasteiger partial charge in [-0.3, -0.25) is 0 Å². The number of hydrogen-bond acceptors (Lipinski definition) is 1. The number of benzene rings is 2. The van der Waals surface area contributed by atoms with Crippen molar-refractivity contribution < 1.29 is 0 Å². The van der Waals surface area contributed by atoms with Gasteiger partial charge in [-0.1, -0.05) is 69.3 Å². The Labute approximate surface area is 129 Å². The lowest BCUT2D eigenvalue weighted by Crippen LogP contribution is -2.19. The summed E-state index contributed by atoms with van der Waals surface area (Å²) in [5.41, 5.74) is 5.67. The van der Waals surface area contributed by atoms with Gasteiger partial charge in [0.25, 0.3) is 0 Å². The molecule has 1 heteroatoms. The van der Waals surface area contributed by atoms with E-state index in [1.54, 1.807) is 0 Å². The average Bonchev–Trinajstić information content (AvgIpc) is 2.45. The second-order valence-electron chi connectivity index (χ2n) is 6.91. The molecule has 0 saturated carbocycles. The summed E-state index contributed by atoms with van der Waals surface area (Å²) in [7, 11) is 0. The maximum absolute atomic E-state index is 3.61. The Hall–Kier alpha value is -1.60. The molecule has 2 aromatic carbocycles. The van der Waals surface area contributed by atoms with E-state index in [9.17, 15) is 0 Å². The molecule has 0 radical (unpaired) electrons. The van der Waals surface area contributed by atoms with E-state index in [2.05, 4.69) is 88.5 Å². The summed E-state index contributed by atoms with van der Waals surface area (Å²) in [5, 5.41) is 3.61. The van der Waals surface area contributed by atoms with Gasteiger partial charge in [-0.15, -0.1) is 0 Å². The second-order valence-corrected chi connectivity index (χ2v) is 6.91. The molecule has 21 heavy (non-hydrogen) atoms. The molecule has 0 fully saturated rings. The lowest BCUT2D eigenvalue weighted by Gasteiger charge is -2.20. The molecule has 2 rings (SSSR count). The van der Waals surface area contributed by atoms with E-state index < -0.39 is 0 Å². The largest absolute Gasteiger partial charge is 0.306 e. The molecule has 0 amide bonds. The molecule has 0 saturated heterocycles. The molecule has 0 bridgehead atoms. The van der Waals surface area contributed by atoms with Crippen LogP contribution in [0.3, 0.4) is 0 Å². The summed E-state index contributed by atoms with van der Waals surface area (Å²) in [5.74, 6) is 0.